The molecular formula is C14H19N3O3S. The summed E-state index contributed by atoms with van der Waals surface area (Å²) in [5.41, 5.74) is 0.224. The first kappa shape index (κ1) is 15.7. The molecule has 0 fully saturated rings. The number of aromatic amines is 1. The highest BCUT2D eigenvalue weighted by atomic mass is 32.1. The van der Waals surface area contributed by atoms with E-state index >= 15 is 0 Å². The molecule has 0 aliphatic heterocycles. The molecule has 6 nitrogen and oxygen atoms in total. The van der Waals surface area contributed by atoms with Crippen LogP contribution in [0.3, 0.4) is 0 Å². The Morgan fingerprint density at radius 2 is 2.19 bits per heavy atom. The summed E-state index contributed by atoms with van der Waals surface area (Å²) < 4.78 is 0. The molecule has 0 aliphatic rings. The minimum Gasteiger partial charge on any atom is -0.477 e. The average Bonchev–Trinajstić information content (AvgIpc) is 2.74. The lowest BCUT2D eigenvalue weighted by Crippen LogP contribution is -2.22. The number of unbranched alkanes of at least 4 members (excludes halogenated alkanes) is 1. The molecule has 0 spiro atoms. The average molecular weight is 309 g/mol. The van der Waals surface area contributed by atoms with E-state index in [0.29, 0.717) is 28.1 Å². The summed E-state index contributed by atoms with van der Waals surface area (Å²) in [5.74, 6) is -0.444. The van der Waals surface area contributed by atoms with Crippen LogP contribution >= 0.6 is 11.3 Å². The van der Waals surface area contributed by atoms with E-state index in [2.05, 4.69) is 21.8 Å². The van der Waals surface area contributed by atoms with Crippen LogP contribution < -0.4 is 5.56 Å². The molecule has 0 aromatic carbocycles. The van der Waals surface area contributed by atoms with Gasteiger partial charge < -0.3 is 10.1 Å². The fourth-order valence-corrected chi connectivity index (χ4v) is 3.27. The van der Waals surface area contributed by atoms with Gasteiger partial charge in [-0.25, -0.2) is 9.78 Å². The van der Waals surface area contributed by atoms with E-state index < -0.39 is 5.97 Å². The number of hydrogen-bond donors (Lipinski definition) is 2. The van der Waals surface area contributed by atoms with Gasteiger partial charge in [-0.2, -0.15) is 0 Å². The summed E-state index contributed by atoms with van der Waals surface area (Å²) >= 11 is 1.06. The van der Waals surface area contributed by atoms with Crippen LogP contribution in [0.15, 0.2) is 4.79 Å². The molecule has 0 unspecified atom stereocenters. The molecule has 2 N–H and O–H groups in total. The molecule has 0 saturated heterocycles. The van der Waals surface area contributed by atoms with E-state index in [0.717, 1.165) is 30.7 Å². The van der Waals surface area contributed by atoms with Crippen molar-refractivity contribution in [3.8, 4) is 0 Å². The van der Waals surface area contributed by atoms with Crippen molar-refractivity contribution in [1.82, 2.24) is 14.9 Å². The maximum atomic E-state index is 12.2. The van der Waals surface area contributed by atoms with Crippen LogP contribution in [0.5, 0.6) is 0 Å². The van der Waals surface area contributed by atoms with Gasteiger partial charge in [-0.15, -0.1) is 11.3 Å². The highest BCUT2D eigenvalue weighted by Crippen LogP contribution is 2.26. The van der Waals surface area contributed by atoms with Crippen LogP contribution in [0.4, 0.5) is 0 Å². The summed E-state index contributed by atoms with van der Waals surface area (Å²) in [5, 5.41) is 9.52. The fraction of sp³-hybridized carbons (Fsp3) is 0.500. The number of rotatable bonds is 6. The van der Waals surface area contributed by atoms with E-state index in [4.69, 9.17) is 5.11 Å². The van der Waals surface area contributed by atoms with E-state index in [-0.39, 0.29) is 10.4 Å². The third kappa shape index (κ3) is 3.30. The summed E-state index contributed by atoms with van der Waals surface area (Å²) in [6.07, 6.45) is 2.20. The summed E-state index contributed by atoms with van der Waals surface area (Å²) in [4.78, 5) is 33.2. The summed E-state index contributed by atoms with van der Waals surface area (Å²) in [7, 11) is 1.97. The molecule has 0 atom stereocenters. The normalized spacial score (nSPS) is 11.4. The van der Waals surface area contributed by atoms with Crippen molar-refractivity contribution in [1.29, 1.82) is 0 Å². The van der Waals surface area contributed by atoms with Crippen LogP contribution in [0.1, 0.15) is 40.8 Å². The van der Waals surface area contributed by atoms with Crippen LogP contribution in [0, 0.1) is 6.92 Å². The van der Waals surface area contributed by atoms with Gasteiger partial charge in [0, 0.05) is 0 Å². The fourth-order valence-electron chi connectivity index (χ4n) is 2.23. The van der Waals surface area contributed by atoms with E-state index in [1.165, 1.54) is 0 Å². The van der Waals surface area contributed by atoms with E-state index in [1.54, 1.807) is 6.92 Å². The largest absolute Gasteiger partial charge is 0.477 e. The summed E-state index contributed by atoms with van der Waals surface area (Å²) in [6.45, 7) is 5.25. The van der Waals surface area contributed by atoms with Crippen LogP contribution in [0.25, 0.3) is 10.2 Å². The van der Waals surface area contributed by atoms with Gasteiger partial charge >= 0.3 is 5.97 Å². The topological polar surface area (TPSA) is 86.3 Å². The quantitative estimate of drug-likeness (QED) is 0.854. The highest BCUT2D eigenvalue weighted by Gasteiger charge is 2.18. The number of nitrogens with zero attached hydrogens (tertiary/aromatic N) is 2. The number of thiophene rings is 1. The van der Waals surface area contributed by atoms with Gasteiger partial charge in [0.1, 0.15) is 15.5 Å². The van der Waals surface area contributed by atoms with Gasteiger partial charge in [0.05, 0.1) is 11.9 Å². The van der Waals surface area contributed by atoms with Crippen LogP contribution in [-0.4, -0.2) is 39.5 Å². The SMILES string of the molecule is CCCCN(C)Cc1nc2sc(C(=O)O)c(C)c2c(=O)[nH]1. The number of H-pyrrole nitrogens is 1. The zero-order chi connectivity index (χ0) is 15.6. The number of carbonyl (C=O) groups is 1. The first-order valence-electron chi connectivity index (χ1n) is 6.88. The van der Waals surface area contributed by atoms with Crippen molar-refractivity contribution in [2.24, 2.45) is 0 Å². The number of fused-ring (bicyclic) bond motifs is 1. The number of aromatic nitrogens is 2. The second-order valence-electron chi connectivity index (χ2n) is 5.15. The monoisotopic (exact) mass is 309 g/mol. The smallest absolute Gasteiger partial charge is 0.346 e. The molecule has 0 radical (unpaired) electrons. The second kappa shape index (κ2) is 6.36. The molecular weight excluding hydrogens is 290 g/mol. The lowest BCUT2D eigenvalue weighted by Gasteiger charge is -2.14. The Morgan fingerprint density at radius 1 is 1.48 bits per heavy atom. The van der Waals surface area contributed by atoms with Gasteiger partial charge in [-0.1, -0.05) is 13.3 Å². The highest BCUT2D eigenvalue weighted by molar-refractivity contribution is 7.20. The molecule has 0 saturated carbocycles. The standard InChI is InChI=1S/C14H19N3O3S/c1-4-5-6-17(3)7-9-15-12(18)10-8(2)11(14(19)20)21-13(10)16-9/h4-7H2,1-3H3,(H,19,20)(H,15,16,18). The maximum Gasteiger partial charge on any atom is 0.346 e. The van der Waals surface area contributed by atoms with Crippen LogP contribution in [0.2, 0.25) is 0 Å². The maximum absolute atomic E-state index is 12.2. The molecule has 7 heteroatoms. The Hall–Kier alpha value is -1.73. The predicted molar refractivity (Wildman–Crippen MR) is 83.2 cm³/mol. The minimum atomic E-state index is -1.02. The van der Waals surface area contributed by atoms with Gasteiger partial charge in [0.2, 0.25) is 0 Å². The molecule has 0 bridgehead atoms. The molecule has 0 aliphatic carbocycles. The Morgan fingerprint density at radius 3 is 2.81 bits per heavy atom. The third-order valence-corrected chi connectivity index (χ3v) is 4.53. The second-order valence-corrected chi connectivity index (χ2v) is 6.14. The third-order valence-electron chi connectivity index (χ3n) is 3.36. The Bertz CT molecular complexity index is 720. The molecule has 21 heavy (non-hydrogen) atoms. The molecule has 2 heterocycles. The molecule has 2 aromatic rings. The summed E-state index contributed by atoms with van der Waals surface area (Å²) in [6, 6.07) is 0. The Labute approximate surface area is 126 Å². The number of carboxylic acids is 1. The zero-order valence-electron chi connectivity index (χ0n) is 12.4. The van der Waals surface area contributed by atoms with Crippen molar-refractivity contribution in [3.05, 3.63) is 26.6 Å². The van der Waals surface area contributed by atoms with Crippen molar-refractivity contribution >= 4 is 27.5 Å². The van der Waals surface area contributed by atoms with Crippen molar-refractivity contribution in [3.63, 3.8) is 0 Å². The predicted octanol–water partition coefficient (Wildman–Crippen LogP) is 2.22. The van der Waals surface area contributed by atoms with Crippen molar-refractivity contribution in [2.75, 3.05) is 13.6 Å². The molecule has 0 amide bonds. The number of hydrogen-bond acceptors (Lipinski definition) is 5. The van der Waals surface area contributed by atoms with Gasteiger partial charge in [0.25, 0.3) is 5.56 Å². The van der Waals surface area contributed by atoms with E-state index in [1.807, 2.05) is 7.05 Å². The number of aryl methyl sites for hydroxylation is 1. The van der Waals surface area contributed by atoms with Crippen molar-refractivity contribution < 1.29 is 9.90 Å². The first-order chi connectivity index (χ1) is 9.93. The Balaban J connectivity index is 2.37. The van der Waals surface area contributed by atoms with Gasteiger partial charge in [0.15, 0.2) is 0 Å². The van der Waals surface area contributed by atoms with E-state index in [9.17, 15) is 9.59 Å². The molecule has 2 aromatic heterocycles. The molecule has 2 rings (SSSR count). The molecule has 114 valence electrons. The zero-order valence-corrected chi connectivity index (χ0v) is 13.2. The van der Waals surface area contributed by atoms with Crippen molar-refractivity contribution in [2.45, 2.75) is 33.2 Å². The Kier molecular flexibility index (Phi) is 4.74. The van der Waals surface area contributed by atoms with Gasteiger partial charge in [-0.05, 0) is 32.5 Å². The minimum absolute atomic E-state index is 0.180. The lowest BCUT2D eigenvalue weighted by molar-refractivity contribution is 0.0701. The number of nitrogens with one attached hydrogen (secondary N) is 1. The first-order valence-corrected chi connectivity index (χ1v) is 7.69. The lowest BCUT2D eigenvalue weighted by atomic mass is 10.2. The number of carboxylic acid groups (broad SMARTS) is 1. The number of aromatic carboxylic acids is 1. The van der Waals surface area contributed by atoms with Crippen LogP contribution in [-0.2, 0) is 6.54 Å². The van der Waals surface area contributed by atoms with Gasteiger partial charge in [-0.3, -0.25) is 9.69 Å².